The van der Waals surface area contributed by atoms with Crippen molar-refractivity contribution >= 4 is 0 Å². The van der Waals surface area contributed by atoms with E-state index in [1.807, 2.05) is 0 Å². The van der Waals surface area contributed by atoms with E-state index < -0.39 is 36.7 Å². The van der Waals surface area contributed by atoms with E-state index in [9.17, 15) is 20.2 Å². The van der Waals surface area contributed by atoms with Gasteiger partial charge in [0.15, 0.2) is 5.79 Å². The zero-order valence-corrected chi connectivity index (χ0v) is 10.2. The lowest BCUT2D eigenvalue weighted by molar-refractivity contribution is -0.311. The molecule has 1 heterocycles. The summed E-state index contributed by atoms with van der Waals surface area (Å²) in [5.41, 5.74) is 0. The van der Waals surface area contributed by atoms with E-state index in [2.05, 4.69) is 10.6 Å². The molecule has 0 aliphatic carbocycles. The number of rotatable bonds is 5. The molecule has 9 nitrogen and oxygen atoms in total. The molecule has 0 aromatic heterocycles. The van der Waals surface area contributed by atoms with Crippen molar-refractivity contribution in [1.29, 1.82) is 0 Å². The van der Waals surface area contributed by atoms with Crippen molar-refractivity contribution in [2.24, 2.45) is 5.29 Å². The summed E-state index contributed by atoms with van der Waals surface area (Å²) in [5.74, 6) is -1.80. The molecule has 1 saturated heterocycles. The summed E-state index contributed by atoms with van der Waals surface area (Å²) in [6.45, 7) is 0.717. The molecule has 2 unspecified atom stereocenters. The minimum Gasteiger partial charge on any atom is -0.394 e. The van der Waals surface area contributed by atoms with Gasteiger partial charge in [0.2, 0.25) is 0 Å². The average molecular weight is 265 g/mol. The minimum absolute atomic E-state index is 0.0404. The number of nitrogens with one attached hydrogen (secondary N) is 1. The van der Waals surface area contributed by atoms with E-state index in [1.165, 1.54) is 14.0 Å². The average Bonchev–Trinajstić information content (AvgIpc) is 2.33. The molecule has 0 aromatic rings. The normalized spacial score (nSPS) is 40.6. The SMILES string of the molecule is CN(CNC1[C@H](O)[C@H](O)C(CO)O[C@]1(C)O)N=O. The highest BCUT2D eigenvalue weighted by Gasteiger charge is 2.50. The van der Waals surface area contributed by atoms with Gasteiger partial charge in [0.05, 0.1) is 24.6 Å². The highest BCUT2D eigenvalue weighted by Crippen LogP contribution is 2.27. The molecule has 1 fully saturated rings. The van der Waals surface area contributed by atoms with Crippen LogP contribution in [0, 0.1) is 4.91 Å². The zero-order valence-electron chi connectivity index (χ0n) is 10.2. The van der Waals surface area contributed by atoms with Gasteiger partial charge in [-0.05, 0) is 6.92 Å². The molecule has 5 atom stereocenters. The van der Waals surface area contributed by atoms with Crippen molar-refractivity contribution in [3.63, 3.8) is 0 Å². The second-order valence-electron chi connectivity index (χ2n) is 4.45. The third-order valence-electron chi connectivity index (χ3n) is 2.90. The molecule has 0 saturated carbocycles. The molecule has 0 spiro atoms. The maximum atomic E-state index is 10.2. The van der Waals surface area contributed by atoms with Gasteiger partial charge in [-0.25, -0.2) is 5.01 Å². The standard InChI is InChI=1S/C9H19N3O6/c1-9(16)8(10-4-12(2)11-17)7(15)6(14)5(3-13)18-9/h5-8,10,13-16H,3-4H2,1-2H3/t5?,6-,7-,8?,9+/m1/s1. The summed E-state index contributed by atoms with van der Waals surface area (Å²) in [7, 11) is 1.40. The van der Waals surface area contributed by atoms with E-state index >= 15 is 0 Å². The molecule has 5 N–H and O–H groups in total. The number of nitroso groups, excluding NO2 is 1. The van der Waals surface area contributed by atoms with Crippen LogP contribution in [0.4, 0.5) is 0 Å². The summed E-state index contributed by atoms with van der Waals surface area (Å²) in [4.78, 5) is 10.2. The second kappa shape index (κ2) is 5.87. The van der Waals surface area contributed by atoms with Crippen LogP contribution >= 0.6 is 0 Å². The highest BCUT2D eigenvalue weighted by atomic mass is 16.6. The number of nitrogens with zero attached hydrogens (tertiary/aromatic N) is 2. The maximum absolute atomic E-state index is 10.2. The number of aliphatic hydroxyl groups excluding tert-OH is 3. The fraction of sp³-hybridized carbons (Fsp3) is 1.00. The highest BCUT2D eigenvalue weighted by molar-refractivity contribution is 4.98. The fourth-order valence-electron chi connectivity index (χ4n) is 1.90. The van der Waals surface area contributed by atoms with Crippen molar-refractivity contribution < 1.29 is 25.2 Å². The Morgan fingerprint density at radius 3 is 2.56 bits per heavy atom. The molecule has 9 heteroatoms. The molecule has 0 radical (unpaired) electrons. The number of ether oxygens (including phenoxy) is 1. The molecule has 0 amide bonds. The number of hydrogen-bond acceptors (Lipinski definition) is 8. The summed E-state index contributed by atoms with van der Waals surface area (Å²) < 4.78 is 5.09. The molecule has 18 heavy (non-hydrogen) atoms. The van der Waals surface area contributed by atoms with Crippen LogP contribution in [0.15, 0.2) is 5.29 Å². The van der Waals surface area contributed by atoms with Crippen molar-refractivity contribution in [2.45, 2.75) is 37.1 Å². The lowest BCUT2D eigenvalue weighted by Gasteiger charge is -2.46. The van der Waals surface area contributed by atoms with Crippen LogP contribution in [0.3, 0.4) is 0 Å². The number of aliphatic hydroxyl groups is 4. The third kappa shape index (κ3) is 3.13. The smallest absolute Gasteiger partial charge is 0.181 e. The second-order valence-corrected chi connectivity index (χ2v) is 4.45. The van der Waals surface area contributed by atoms with Crippen molar-refractivity contribution in [2.75, 3.05) is 20.3 Å². The topological polar surface area (TPSA) is 135 Å². The lowest BCUT2D eigenvalue weighted by atomic mass is 9.91. The van der Waals surface area contributed by atoms with Gasteiger partial charge in [-0.3, -0.25) is 5.32 Å². The first-order valence-electron chi connectivity index (χ1n) is 5.48. The quantitative estimate of drug-likeness (QED) is 0.206. The van der Waals surface area contributed by atoms with E-state index in [1.54, 1.807) is 0 Å². The van der Waals surface area contributed by atoms with Crippen LogP contribution in [0.2, 0.25) is 0 Å². The Balaban J connectivity index is 2.73. The molecule has 1 aliphatic heterocycles. The van der Waals surface area contributed by atoms with Gasteiger partial charge in [-0.15, -0.1) is 4.91 Å². The monoisotopic (exact) mass is 265 g/mol. The Morgan fingerprint density at radius 1 is 1.44 bits per heavy atom. The van der Waals surface area contributed by atoms with Gasteiger partial charge in [-0.2, -0.15) is 0 Å². The lowest BCUT2D eigenvalue weighted by Crippen LogP contribution is -2.69. The Labute approximate surface area is 104 Å². The van der Waals surface area contributed by atoms with Crippen LogP contribution in [-0.2, 0) is 4.74 Å². The van der Waals surface area contributed by atoms with Gasteiger partial charge in [0.1, 0.15) is 18.3 Å². The Kier molecular flexibility index (Phi) is 4.96. The Bertz CT molecular complexity index is 289. The molecule has 0 aromatic carbocycles. The van der Waals surface area contributed by atoms with Gasteiger partial charge in [0, 0.05) is 7.05 Å². The van der Waals surface area contributed by atoms with E-state index in [4.69, 9.17) is 9.84 Å². The van der Waals surface area contributed by atoms with Gasteiger partial charge >= 0.3 is 0 Å². The maximum Gasteiger partial charge on any atom is 0.181 e. The van der Waals surface area contributed by atoms with Crippen molar-refractivity contribution in [1.82, 2.24) is 10.3 Å². The van der Waals surface area contributed by atoms with Gasteiger partial charge in [0.25, 0.3) is 0 Å². The first-order chi connectivity index (χ1) is 8.33. The summed E-state index contributed by atoms with van der Waals surface area (Å²) in [5, 5.41) is 44.8. The Morgan fingerprint density at radius 2 is 2.06 bits per heavy atom. The molecule has 0 bridgehead atoms. The predicted molar refractivity (Wildman–Crippen MR) is 59.9 cm³/mol. The largest absolute Gasteiger partial charge is 0.394 e. The Hall–Kier alpha value is -0.840. The molecular weight excluding hydrogens is 246 g/mol. The van der Waals surface area contributed by atoms with Crippen molar-refractivity contribution in [3.8, 4) is 0 Å². The first-order valence-corrected chi connectivity index (χ1v) is 5.48. The predicted octanol–water partition coefficient (Wildman–Crippen LogP) is -2.66. The van der Waals surface area contributed by atoms with Crippen molar-refractivity contribution in [3.05, 3.63) is 4.91 Å². The minimum atomic E-state index is -1.80. The van der Waals surface area contributed by atoms with Crippen LogP contribution in [-0.4, -0.2) is 75.9 Å². The third-order valence-corrected chi connectivity index (χ3v) is 2.90. The number of hydrogen-bond donors (Lipinski definition) is 5. The molecular formula is C9H19N3O6. The first kappa shape index (κ1) is 15.2. The van der Waals surface area contributed by atoms with E-state index in [-0.39, 0.29) is 6.67 Å². The fourth-order valence-corrected chi connectivity index (χ4v) is 1.90. The van der Waals surface area contributed by atoms with Gasteiger partial charge < -0.3 is 25.2 Å². The summed E-state index contributed by atoms with van der Waals surface area (Å²) >= 11 is 0. The zero-order chi connectivity index (χ0) is 13.9. The van der Waals surface area contributed by atoms with Gasteiger partial charge in [-0.1, -0.05) is 0 Å². The molecule has 1 rings (SSSR count). The molecule has 106 valence electrons. The van der Waals surface area contributed by atoms with E-state index in [0.29, 0.717) is 0 Å². The van der Waals surface area contributed by atoms with Crippen LogP contribution in [0.1, 0.15) is 6.92 Å². The summed E-state index contributed by atoms with van der Waals surface area (Å²) in [6, 6.07) is -1.03. The van der Waals surface area contributed by atoms with Crippen LogP contribution in [0.25, 0.3) is 0 Å². The van der Waals surface area contributed by atoms with Crippen LogP contribution in [0.5, 0.6) is 0 Å². The van der Waals surface area contributed by atoms with E-state index in [0.717, 1.165) is 5.01 Å². The summed E-state index contributed by atoms with van der Waals surface area (Å²) in [6.07, 6.45) is -3.77. The molecule has 1 aliphatic rings. The van der Waals surface area contributed by atoms with Crippen LogP contribution < -0.4 is 5.32 Å².